The maximum absolute atomic E-state index is 11.3. The van der Waals surface area contributed by atoms with Crippen molar-refractivity contribution in [2.75, 3.05) is 6.61 Å². The quantitative estimate of drug-likeness (QED) is 0.355. The third-order valence-electron chi connectivity index (χ3n) is 2.08. The molecule has 0 aliphatic rings. The number of hydrogen-bond acceptors (Lipinski definition) is 5. The Morgan fingerprint density at radius 2 is 2.28 bits per heavy atom. The Balaban J connectivity index is 3.15. The lowest BCUT2D eigenvalue weighted by molar-refractivity contribution is -0.385. The van der Waals surface area contributed by atoms with Crippen molar-refractivity contribution in [1.29, 1.82) is 5.26 Å². The summed E-state index contributed by atoms with van der Waals surface area (Å²) < 4.78 is 5.03. The van der Waals surface area contributed by atoms with E-state index in [1.165, 1.54) is 12.1 Å². The molecule has 0 aliphatic heterocycles. The van der Waals surface area contributed by atoms with E-state index in [0.717, 1.165) is 0 Å². The number of benzene rings is 1. The molecule has 0 aromatic heterocycles. The second-order valence-corrected chi connectivity index (χ2v) is 4.41. The highest BCUT2D eigenvalue weighted by Gasteiger charge is 2.18. The summed E-state index contributed by atoms with van der Waals surface area (Å²) in [5, 5.41) is 19.7. The maximum atomic E-state index is 11.3. The van der Waals surface area contributed by atoms with Gasteiger partial charge in [0.25, 0.3) is 5.69 Å². The van der Waals surface area contributed by atoms with Crippen molar-refractivity contribution in [1.82, 2.24) is 0 Å². The van der Waals surface area contributed by atoms with Gasteiger partial charge in [0.2, 0.25) is 0 Å². The van der Waals surface area contributed by atoms with Crippen LogP contribution >= 0.6 is 22.6 Å². The van der Waals surface area contributed by atoms with Crippen molar-refractivity contribution in [3.05, 3.63) is 36.9 Å². The van der Waals surface area contributed by atoms with Gasteiger partial charge in [-0.25, -0.2) is 0 Å². The summed E-state index contributed by atoms with van der Waals surface area (Å²) in [5.41, 5.74) is 0.412. The molecule has 7 heteroatoms. The molecule has 0 N–H and O–H groups in total. The molecule has 0 saturated carbocycles. The molecule has 0 fully saturated rings. The fourth-order valence-electron chi connectivity index (χ4n) is 1.36. The van der Waals surface area contributed by atoms with Crippen LogP contribution in [0.4, 0.5) is 5.69 Å². The molecular weight excluding hydrogens is 351 g/mol. The third-order valence-corrected chi connectivity index (χ3v) is 3.22. The number of ether oxygens (including phenoxy) is 1. The highest BCUT2D eigenvalue weighted by molar-refractivity contribution is 14.1. The van der Waals surface area contributed by atoms with E-state index < -0.39 is 10.9 Å². The minimum Gasteiger partial charge on any atom is -0.466 e. The number of carbonyl (C=O) groups excluding carboxylic acids is 1. The standard InChI is InChI=1S/C11H9IN2O4/c1-2-18-10(15)5-7-3-8(6-13)11(12)9(4-7)14(16)17/h3-4H,2,5H2,1H3. The zero-order valence-corrected chi connectivity index (χ0v) is 11.6. The van der Waals surface area contributed by atoms with Crippen molar-refractivity contribution in [3.63, 3.8) is 0 Å². The topological polar surface area (TPSA) is 93.2 Å². The first-order valence-electron chi connectivity index (χ1n) is 5.02. The predicted octanol–water partition coefficient (Wildman–Crippen LogP) is 2.18. The molecule has 0 saturated heterocycles. The lowest BCUT2D eigenvalue weighted by Gasteiger charge is -2.04. The normalized spacial score (nSPS) is 9.61. The third kappa shape index (κ3) is 3.40. The zero-order chi connectivity index (χ0) is 13.7. The van der Waals surface area contributed by atoms with E-state index in [4.69, 9.17) is 10.00 Å². The second kappa shape index (κ2) is 6.30. The van der Waals surface area contributed by atoms with Crippen LogP contribution < -0.4 is 0 Å². The highest BCUT2D eigenvalue weighted by Crippen LogP contribution is 2.26. The molecule has 0 heterocycles. The average Bonchev–Trinajstić information content (AvgIpc) is 2.31. The molecule has 0 spiro atoms. The molecule has 1 rings (SSSR count). The van der Waals surface area contributed by atoms with E-state index >= 15 is 0 Å². The number of nitro benzene ring substituents is 1. The van der Waals surface area contributed by atoms with E-state index in [1.807, 2.05) is 6.07 Å². The van der Waals surface area contributed by atoms with Crippen LogP contribution in [0.25, 0.3) is 0 Å². The van der Waals surface area contributed by atoms with Crippen LogP contribution in [0.1, 0.15) is 18.1 Å². The molecule has 0 aliphatic carbocycles. The van der Waals surface area contributed by atoms with Crippen LogP contribution in [-0.2, 0) is 16.0 Å². The number of nitrogens with zero attached hydrogens (tertiary/aromatic N) is 2. The van der Waals surface area contributed by atoms with Crippen molar-refractivity contribution < 1.29 is 14.5 Å². The number of rotatable bonds is 4. The summed E-state index contributed by atoms with van der Waals surface area (Å²) in [7, 11) is 0. The first kappa shape index (κ1) is 14.4. The van der Waals surface area contributed by atoms with Gasteiger partial charge in [-0.15, -0.1) is 0 Å². The van der Waals surface area contributed by atoms with Crippen molar-refractivity contribution in [2.24, 2.45) is 0 Å². The Kier molecular flexibility index (Phi) is 5.03. The van der Waals surface area contributed by atoms with Crippen LogP contribution in [0, 0.1) is 25.0 Å². The first-order valence-corrected chi connectivity index (χ1v) is 6.10. The number of hydrogen-bond donors (Lipinski definition) is 0. The summed E-state index contributed by atoms with van der Waals surface area (Å²) >= 11 is 1.74. The Bertz CT molecular complexity index is 537. The second-order valence-electron chi connectivity index (χ2n) is 3.33. The summed E-state index contributed by atoms with van der Waals surface area (Å²) in [6.45, 7) is 1.92. The molecule has 6 nitrogen and oxygen atoms in total. The summed E-state index contributed by atoms with van der Waals surface area (Å²) in [6, 6.07) is 4.63. The fraction of sp³-hybridized carbons (Fsp3) is 0.273. The van der Waals surface area contributed by atoms with Crippen LogP contribution in [-0.4, -0.2) is 17.5 Å². The molecule has 94 valence electrons. The van der Waals surface area contributed by atoms with Gasteiger partial charge < -0.3 is 4.74 Å². The van der Waals surface area contributed by atoms with Crippen molar-refractivity contribution in [3.8, 4) is 6.07 Å². The summed E-state index contributed by atoms with van der Waals surface area (Å²) in [4.78, 5) is 21.6. The van der Waals surface area contributed by atoms with Gasteiger partial charge in [0.05, 0.1) is 23.5 Å². The van der Waals surface area contributed by atoms with E-state index in [-0.39, 0.29) is 27.8 Å². The van der Waals surface area contributed by atoms with Crippen molar-refractivity contribution in [2.45, 2.75) is 13.3 Å². The van der Waals surface area contributed by atoms with Gasteiger partial charge >= 0.3 is 5.97 Å². The lowest BCUT2D eigenvalue weighted by Crippen LogP contribution is -2.08. The number of nitriles is 1. The predicted molar refractivity (Wildman–Crippen MR) is 70.9 cm³/mol. The monoisotopic (exact) mass is 360 g/mol. The average molecular weight is 360 g/mol. The maximum Gasteiger partial charge on any atom is 0.310 e. The van der Waals surface area contributed by atoms with Crippen LogP contribution in [0.15, 0.2) is 12.1 Å². The summed E-state index contributed by atoms with van der Waals surface area (Å²) in [5.74, 6) is -0.475. The molecule has 1 aromatic carbocycles. The highest BCUT2D eigenvalue weighted by atomic mass is 127. The van der Waals surface area contributed by atoms with E-state index in [2.05, 4.69) is 0 Å². The van der Waals surface area contributed by atoms with Crippen molar-refractivity contribution >= 4 is 34.2 Å². The molecule has 0 unspecified atom stereocenters. The molecular formula is C11H9IN2O4. The van der Waals surface area contributed by atoms with Crippen LogP contribution in [0.2, 0.25) is 0 Å². The fourth-order valence-corrected chi connectivity index (χ4v) is 1.99. The van der Waals surface area contributed by atoms with Gasteiger partial charge in [-0.3, -0.25) is 14.9 Å². The SMILES string of the molecule is CCOC(=O)Cc1cc(C#N)c(I)c([N+](=O)[O-])c1. The lowest BCUT2D eigenvalue weighted by atomic mass is 10.1. The van der Waals surface area contributed by atoms with Gasteiger partial charge in [-0.2, -0.15) is 5.26 Å². The smallest absolute Gasteiger partial charge is 0.310 e. The summed E-state index contributed by atoms with van der Waals surface area (Å²) in [6.07, 6.45) is -0.0831. The Labute approximate surface area is 117 Å². The number of nitro groups is 1. The number of halogens is 1. The largest absolute Gasteiger partial charge is 0.466 e. The van der Waals surface area contributed by atoms with Gasteiger partial charge in [0.15, 0.2) is 0 Å². The minimum atomic E-state index is -0.572. The first-order chi connectivity index (χ1) is 8.49. The Hall–Kier alpha value is -1.69. The Morgan fingerprint density at radius 1 is 1.61 bits per heavy atom. The number of esters is 1. The van der Waals surface area contributed by atoms with E-state index in [1.54, 1.807) is 29.5 Å². The van der Waals surface area contributed by atoms with Gasteiger partial charge in [-0.05, 0) is 41.1 Å². The minimum absolute atomic E-state index is 0.0831. The molecule has 1 aromatic rings. The molecule has 0 atom stereocenters. The van der Waals surface area contributed by atoms with E-state index in [0.29, 0.717) is 5.56 Å². The van der Waals surface area contributed by atoms with Crippen LogP contribution in [0.3, 0.4) is 0 Å². The Morgan fingerprint density at radius 3 is 2.78 bits per heavy atom. The molecule has 18 heavy (non-hydrogen) atoms. The number of carbonyl (C=O) groups is 1. The molecule has 0 amide bonds. The van der Waals surface area contributed by atoms with Crippen LogP contribution in [0.5, 0.6) is 0 Å². The van der Waals surface area contributed by atoms with Gasteiger partial charge in [0, 0.05) is 6.07 Å². The van der Waals surface area contributed by atoms with Gasteiger partial charge in [0.1, 0.15) is 9.64 Å². The van der Waals surface area contributed by atoms with Gasteiger partial charge in [-0.1, -0.05) is 0 Å². The molecule has 0 radical (unpaired) electrons. The van der Waals surface area contributed by atoms with E-state index in [9.17, 15) is 14.9 Å². The molecule has 0 bridgehead atoms. The zero-order valence-electron chi connectivity index (χ0n) is 9.47.